The van der Waals surface area contributed by atoms with Crippen LogP contribution in [0.15, 0.2) is 34.8 Å². The lowest BCUT2D eigenvalue weighted by Gasteiger charge is -2.18. The lowest BCUT2D eigenvalue weighted by molar-refractivity contribution is 0.582. The Kier molecular flexibility index (Phi) is 3.98. The second kappa shape index (κ2) is 5.76. The molecule has 3 rings (SSSR count). The number of benzene rings is 2. The van der Waals surface area contributed by atoms with Crippen molar-refractivity contribution in [1.29, 1.82) is 0 Å². The molecule has 1 N–H and O–H groups in total. The Bertz CT molecular complexity index is 661. The minimum Gasteiger partial charge on any atom is -0.375 e. The van der Waals surface area contributed by atoms with Crippen LogP contribution in [-0.4, -0.2) is 0 Å². The lowest BCUT2D eigenvalue weighted by atomic mass is 10.0. The highest BCUT2D eigenvalue weighted by Gasteiger charge is 2.16. The van der Waals surface area contributed by atoms with E-state index in [0.29, 0.717) is 10.2 Å². The van der Waals surface area contributed by atoms with Gasteiger partial charge in [0.15, 0.2) is 0 Å². The zero-order chi connectivity index (χ0) is 15.0. The molecule has 0 radical (unpaired) electrons. The number of rotatable bonds is 3. The van der Waals surface area contributed by atoms with Crippen LogP contribution >= 0.6 is 15.9 Å². The normalized spacial score (nSPS) is 14.9. The summed E-state index contributed by atoms with van der Waals surface area (Å²) in [6.07, 6.45) is 3.47. The third-order valence-electron chi connectivity index (χ3n) is 3.99. The molecular formula is C17H16BrF2N. The summed E-state index contributed by atoms with van der Waals surface area (Å²) in [6.45, 7) is 1.98. The smallest absolute Gasteiger partial charge is 0.150 e. The summed E-state index contributed by atoms with van der Waals surface area (Å²) in [4.78, 5) is 0. The van der Waals surface area contributed by atoms with Crippen molar-refractivity contribution >= 4 is 21.6 Å². The van der Waals surface area contributed by atoms with E-state index in [9.17, 15) is 8.78 Å². The predicted octanol–water partition coefficient (Wildman–Crippen LogP) is 5.39. The zero-order valence-corrected chi connectivity index (χ0v) is 13.3. The molecule has 0 spiro atoms. The molecular weight excluding hydrogens is 336 g/mol. The summed E-state index contributed by atoms with van der Waals surface area (Å²) in [7, 11) is 0. The first-order chi connectivity index (χ1) is 10.0. The van der Waals surface area contributed by atoms with E-state index in [2.05, 4.69) is 39.4 Å². The van der Waals surface area contributed by atoms with Crippen LogP contribution in [0.3, 0.4) is 0 Å². The number of nitrogens with one attached hydrogen (secondary N) is 1. The molecule has 0 fully saturated rings. The van der Waals surface area contributed by atoms with Gasteiger partial charge in [-0.2, -0.15) is 0 Å². The van der Waals surface area contributed by atoms with Crippen molar-refractivity contribution < 1.29 is 8.78 Å². The summed E-state index contributed by atoms with van der Waals surface area (Å²) in [5.41, 5.74) is 4.22. The van der Waals surface area contributed by atoms with E-state index in [1.54, 1.807) is 0 Å². The van der Waals surface area contributed by atoms with Gasteiger partial charge in [-0.3, -0.25) is 0 Å². The van der Waals surface area contributed by atoms with Gasteiger partial charge >= 0.3 is 0 Å². The van der Waals surface area contributed by atoms with Crippen molar-refractivity contribution in [1.82, 2.24) is 0 Å². The second-order valence-corrected chi connectivity index (χ2v) is 6.35. The third kappa shape index (κ3) is 2.95. The molecule has 4 heteroatoms. The molecule has 110 valence electrons. The second-order valence-electron chi connectivity index (χ2n) is 5.49. The molecule has 0 amide bonds. The van der Waals surface area contributed by atoms with E-state index < -0.39 is 11.6 Å². The molecule has 1 unspecified atom stereocenters. The quantitative estimate of drug-likeness (QED) is 0.781. The third-order valence-corrected chi connectivity index (χ3v) is 4.62. The Balaban J connectivity index is 1.85. The predicted molar refractivity (Wildman–Crippen MR) is 84.6 cm³/mol. The fraction of sp³-hybridized carbons (Fsp3) is 0.294. The number of hydrogen-bond donors (Lipinski definition) is 1. The van der Waals surface area contributed by atoms with Gasteiger partial charge in [0.05, 0.1) is 5.69 Å². The van der Waals surface area contributed by atoms with Crippen LogP contribution in [0.2, 0.25) is 0 Å². The average molecular weight is 352 g/mol. The molecule has 21 heavy (non-hydrogen) atoms. The minimum atomic E-state index is -0.588. The Morgan fingerprint density at radius 1 is 1.10 bits per heavy atom. The minimum absolute atomic E-state index is 0.0489. The van der Waals surface area contributed by atoms with Gasteiger partial charge in [0, 0.05) is 16.6 Å². The fourth-order valence-corrected chi connectivity index (χ4v) is 3.36. The van der Waals surface area contributed by atoms with Crippen LogP contribution in [0, 0.1) is 11.6 Å². The number of anilines is 1. The maximum Gasteiger partial charge on any atom is 0.150 e. The summed E-state index contributed by atoms with van der Waals surface area (Å²) >= 11 is 3.21. The van der Waals surface area contributed by atoms with E-state index in [0.717, 1.165) is 24.5 Å². The number of fused-ring (bicyclic) bond motifs is 1. The molecule has 0 aliphatic heterocycles. The van der Waals surface area contributed by atoms with Crippen LogP contribution < -0.4 is 5.32 Å². The molecule has 2 aromatic carbocycles. The van der Waals surface area contributed by atoms with Gasteiger partial charge in [0.25, 0.3) is 0 Å². The molecule has 0 saturated carbocycles. The average Bonchev–Trinajstić information content (AvgIpc) is 2.89. The molecule has 1 aliphatic carbocycles. The molecule has 2 aromatic rings. The standard InChI is InChI=1S/C17H16BrF2N/c1-10(12-6-5-11-3-2-4-13(11)7-12)21-17-15(18)8-14(19)9-16(17)20/h5-10,21H,2-4H2,1H3. The summed E-state index contributed by atoms with van der Waals surface area (Å²) in [5, 5.41) is 3.12. The van der Waals surface area contributed by atoms with Gasteiger partial charge in [0.2, 0.25) is 0 Å². The number of hydrogen-bond acceptors (Lipinski definition) is 1. The van der Waals surface area contributed by atoms with Gasteiger partial charge in [0.1, 0.15) is 11.6 Å². The number of aryl methyl sites for hydroxylation is 2. The van der Waals surface area contributed by atoms with Gasteiger partial charge in [-0.15, -0.1) is 0 Å². The maximum atomic E-state index is 13.9. The van der Waals surface area contributed by atoms with E-state index >= 15 is 0 Å². The molecule has 1 nitrogen and oxygen atoms in total. The largest absolute Gasteiger partial charge is 0.375 e. The number of halogens is 3. The molecule has 0 bridgehead atoms. The Morgan fingerprint density at radius 3 is 2.62 bits per heavy atom. The monoisotopic (exact) mass is 351 g/mol. The Labute approximate surface area is 131 Å². The Morgan fingerprint density at radius 2 is 1.86 bits per heavy atom. The summed E-state index contributed by atoms with van der Waals surface area (Å²) in [5.74, 6) is -1.18. The first kappa shape index (κ1) is 14.5. The first-order valence-corrected chi connectivity index (χ1v) is 7.86. The lowest BCUT2D eigenvalue weighted by Crippen LogP contribution is -2.09. The van der Waals surface area contributed by atoms with Crippen LogP contribution in [0.25, 0.3) is 0 Å². The van der Waals surface area contributed by atoms with Gasteiger partial charge in [-0.05, 0) is 64.9 Å². The molecule has 1 aliphatic rings. The van der Waals surface area contributed by atoms with Gasteiger partial charge in [-0.1, -0.05) is 18.2 Å². The van der Waals surface area contributed by atoms with Crippen LogP contribution in [0.4, 0.5) is 14.5 Å². The van der Waals surface area contributed by atoms with E-state index in [-0.39, 0.29) is 6.04 Å². The van der Waals surface area contributed by atoms with Gasteiger partial charge < -0.3 is 5.32 Å². The van der Waals surface area contributed by atoms with E-state index in [1.165, 1.54) is 23.6 Å². The van der Waals surface area contributed by atoms with Crippen molar-refractivity contribution in [3.05, 3.63) is 63.1 Å². The molecule has 1 atom stereocenters. The highest BCUT2D eigenvalue weighted by atomic mass is 79.9. The summed E-state index contributed by atoms with van der Waals surface area (Å²) < 4.78 is 27.4. The van der Waals surface area contributed by atoms with Crippen molar-refractivity contribution in [3.63, 3.8) is 0 Å². The van der Waals surface area contributed by atoms with E-state index in [1.807, 2.05) is 6.92 Å². The molecule has 0 aromatic heterocycles. The van der Waals surface area contributed by atoms with Crippen LogP contribution in [0.5, 0.6) is 0 Å². The Hall–Kier alpha value is -1.42. The fourth-order valence-electron chi connectivity index (χ4n) is 2.84. The van der Waals surface area contributed by atoms with Crippen molar-refractivity contribution in [2.75, 3.05) is 5.32 Å². The summed E-state index contributed by atoms with van der Waals surface area (Å²) in [6, 6.07) is 8.54. The molecule has 0 saturated heterocycles. The maximum absolute atomic E-state index is 13.9. The SMILES string of the molecule is CC(Nc1c(F)cc(F)cc1Br)c1ccc2c(c1)CCC2. The zero-order valence-electron chi connectivity index (χ0n) is 11.7. The first-order valence-electron chi connectivity index (χ1n) is 7.07. The van der Waals surface area contributed by atoms with Crippen LogP contribution in [0.1, 0.15) is 36.1 Å². The van der Waals surface area contributed by atoms with E-state index in [4.69, 9.17) is 0 Å². The van der Waals surface area contributed by atoms with Crippen molar-refractivity contribution in [3.8, 4) is 0 Å². The molecule has 0 heterocycles. The van der Waals surface area contributed by atoms with Crippen molar-refractivity contribution in [2.45, 2.75) is 32.2 Å². The topological polar surface area (TPSA) is 12.0 Å². The van der Waals surface area contributed by atoms with Crippen molar-refractivity contribution in [2.24, 2.45) is 0 Å². The van der Waals surface area contributed by atoms with Gasteiger partial charge in [-0.25, -0.2) is 8.78 Å². The highest BCUT2D eigenvalue weighted by molar-refractivity contribution is 9.10. The van der Waals surface area contributed by atoms with Crippen LogP contribution in [-0.2, 0) is 12.8 Å². The highest BCUT2D eigenvalue weighted by Crippen LogP contribution is 2.31.